The van der Waals surface area contributed by atoms with Crippen LogP contribution in [0.15, 0.2) is 0 Å². The Kier molecular flexibility index (Phi) is 174. The molecular formula is H6CaKMgNP. The number of hydrogen-bond donors (Lipinski definition) is 1. The third-order valence-electron chi connectivity index (χ3n) is 0. The fourth-order valence-electron chi connectivity index (χ4n) is 0. The molecule has 21 valence electrons. The first kappa shape index (κ1) is 35.7. The first-order chi connectivity index (χ1) is 0. The van der Waals surface area contributed by atoms with Crippen LogP contribution in [-0.4, -0.2) is 112 Å². The Balaban J connectivity index is 0. The van der Waals surface area contributed by atoms with Crippen molar-refractivity contribution in [2.24, 2.45) is 0 Å². The predicted molar refractivity (Wildman–Crippen MR) is 33.4 cm³/mol. The summed E-state index contributed by atoms with van der Waals surface area (Å²) in [4.78, 5) is 0. The Morgan fingerprint density at radius 2 is 1.00 bits per heavy atom. The van der Waals surface area contributed by atoms with E-state index in [1.165, 1.54) is 0 Å². The first-order valence-corrected chi connectivity index (χ1v) is 0. The van der Waals surface area contributed by atoms with E-state index in [0.717, 1.165) is 0 Å². The Hall–Kier alpha value is 4.05. The molecule has 0 spiro atoms. The third-order valence-corrected chi connectivity index (χ3v) is 0. The normalized spacial score (nSPS) is 0. The molecule has 0 aliphatic heterocycles. The molecule has 5 radical (unpaired) electrons. The van der Waals surface area contributed by atoms with E-state index < -0.39 is 0 Å². The van der Waals surface area contributed by atoms with E-state index in [2.05, 4.69) is 0 Å². The van der Waals surface area contributed by atoms with Gasteiger partial charge in [-0.05, 0) is 0 Å². The maximum Gasteiger partial charge on any atom is 0 e. The van der Waals surface area contributed by atoms with Gasteiger partial charge in [0.25, 0.3) is 0 Å². The second kappa shape index (κ2) is 24.4. The maximum atomic E-state index is 0. The van der Waals surface area contributed by atoms with Crippen molar-refractivity contribution in [1.82, 2.24) is 6.15 Å². The summed E-state index contributed by atoms with van der Waals surface area (Å²) < 4.78 is 0. The molecule has 0 saturated carbocycles. The van der Waals surface area contributed by atoms with Gasteiger partial charge in [0, 0.05) is 112 Å². The quantitative estimate of drug-likeness (QED) is 0.355. The van der Waals surface area contributed by atoms with Crippen molar-refractivity contribution >= 4 is 122 Å². The minimum absolute atomic E-state index is 0. The topological polar surface area (TPSA) is 35.0 Å². The van der Waals surface area contributed by atoms with Crippen LogP contribution in [0.3, 0.4) is 0 Å². The van der Waals surface area contributed by atoms with Gasteiger partial charge in [0.2, 0.25) is 0 Å². The van der Waals surface area contributed by atoms with Gasteiger partial charge in [-0.2, -0.15) is 9.90 Å². The molecule has 1 unspecified atom stereocenters. The molecule has 0 heterocycles. The average Bonchev–Trinajstić information content (AvgIpc) is 0. The van der Waals surface area contributed by atoms with Gasteiger partial charge in [-0.25, -0.2) is 0 Å². The molecule has 0 aromatic heterocycles. The summed E-state index contributed by atoms with van der Waals surface area (Å²) in [6, 6.07) is 0. The molecule has 0 saturated heterocycles. The third kappa shape index (κ3) is 18.0. The Morgan fingerprint density at radius 3 is 1.00 bits per heavy atom. The van der Waals surface area contributed by atoms with Crippen molar-refractivity contribution in [3.8, 4) is 0 Å². The van der Waals surface area contributed by atoms with Crippen molar-refractivity contribution < 1.29 is 0 Å². The Bertz CT molecular complexity index is 11.6. The monoisotopic (exact) mass is 154 g/mol. The van der Waals surface area contributed by atoms with Crippen LogP contribution < -0.4 is 6.15 Å². The summed E-state index contributed by atoms with van der Waals surface area (Å²) >= 11 is 0. The molecule has 0 fully saturated rings. The molecule has 1 atom stereocenters. The van der Waals surface area contributed by atoms with Crippen LogP contribution in [0.1, 0.15) is 0 Å². The van der Waals surface area contributed by atoms with Gasteiger partial charge in [-0.1, -0.05) is 0 Å². The summed E-state index contributed by atoms with van der Waals surface area (Å²) in [6.07, 6.45) is 0. The van der Waals surface area contributed by atoms with Crippen molar-refractivity contribution in [1.29, 1.82) is 0 Å². The zero-order valence-corrected chi connectivity index (χ0v) is 12.0. The van der Waals surface area contributed by atoms with Crippen LogP contribution in [0.2, 0.25) is 0 Å². The molecule has 0 rings (SSSR count). The average molecular weight is 155 g/mol. The standard InChI is InChI=1S/Ca.K.Mg.H3N.H3P/h;;;2*1H3. The molecule has 0 aromatic carbocycles. The molecule has 0 amide bonds. The van der Waals surface area contributed by atoms with Gasteiger partial charge in [-0.15, -0.1) is 0 Å². The number of hydrogen-bond acceptors (Lipinski definition) is 1. The molecular weight excluding hydrogens is 148 g/mol. The van der Waals surface area contributed by atoms with E-state index in [4.69, 9.17) is 0 Å². The second-order valence-electron chi connectivity index (χ2n) is 0. The summed E-state index contributed by atoms with van der Waals surface area (Å²) in [5.74, 6) is 0. The van der Waals surface area contributed by atoms with Crippen LogP contribution in [0, 0.1) is 0 Å². The summed E-state index contributed by atoms with van der Waals surface area (Å²) in [7, 11) is 0. The van der Waals surface area contributed by atoms with E-state index in [9.17, 15) is 0 Å². The van der Waals surface area contributed by atoms with E-state index in [1.54, 1.807) is 0 Å². The molecule has 0 aliphatic carbocycles. The second-order valence-corrected chi connectivity index (χ2v) is 0. The van der Waals surface area contributed by atoms with Gasteiger partial charge < -0.3 is 6.15 Å². The molecule has 1 nitrogen and oxygen atoms in total. The molecule has 5 heteroatoms. The van der Waals surface area contributed by atoms with Gasteiger partial charge >= 0.3 is 0 Å². The van der Waals surface area contributed by atoms with Gasteiger partial charge in [-0.3, -0.25) is 0 Å². The minimum Gasteiger partial charge on any atom is -0.344 e. The Morgan fingerprint density at radius 1 is 1.00 bits per heavy atom. The van der Waals surface area contributed by atoms with Crippen LogP contribution in [0.25, 0.3) is 0 Å². The van der Waals surface area contributed by atoms with Gasteiger partial charge in [0.15, 0.2) is 0 Å². The van der Waals surface area contributed by atoms with Crippen molar-refractivity contribution in [3.05, 3.63) is 0 Å². The SMILES string of the molecule is N.P.[Ca].[K].[Mg]. The van der Waals surface area contributed by atoms with E-state index in [0.29, 0.717) is 0 Å². The predicted octanol–water partition coefficient (Wildman–Crippen LogP) is -0.922. The molecule has 0 aliphatic rings. The fraction of sp³-hybridized carbons (Fsp3) is 0. The van der Waals surface area contributed by atoms with Crippen LogP contribution in [0.5, 0.6) is 0 Å². The van der Waals surface area contributed by atoms with Crippen LogP contribution in [0.4, 0.5) is 0 Å². The summed E-state index contributed by atoms with van der Waals surface area (Å²) in [5.41, 5.74) is 0. The zero-order valence-electron chi connectivity index (χ0n) is 3.83. The molecule has 3 N–H and O–H groups in total. The maximum absolute atomic E-state index is 0. The van der Waals surface area contributed by atoms with Gasteiger partial charge in [0.1, 0.15) is 0 Å². The van der Waals surface area contributed by atoms with Gasteiger partial charge in [0.05, 0.1) is 0 Å². The fourth-order valence-corrected chi connectivity index (χ4v) is 0. The van der Waals surface area contributed by atoms with E-state index >= 15 is 0 Å². The summed E-state index contributed by atoms with van der Waals surface area (Å²) in [5, 5.41) is 0. The zero-order chi connectivity index (χ0) is 0. The van der Waals surface area contributed by atoms with Crippen molar-refractivity contribution in [3.63, 3.8) is 0 Å². The smallest absolute Gasteiger partial charge is 0 e. The van der Waals surface area contributed by atoms with Crippen LogP contribution >= 0.6 is 9.90 Å². The first-order valence-electron chi connectivity index (χ1n) is 0. The minimum atomic E-state index is 0. The molecule has 0 bridgehead atoms. The van der Waals surface area contributed by atoms with Crippen LogP contribution in [-0.2, 0) is 0 Å². The van der Waals surface area contributed by atoms with Crippen molar-refractivity contribution in [2.45, 2.75) is 0 Å². The largest absolute Gasteiger partial charge is 0.344 e. The summed E-state index contributed by atoms with van der Waals surface area (Å²) in [6.45, 7) is 0. The molecule has 5 heavy (non-hydrogen) atoms. The Labute approximate surface area is 125 Å². The van der Waals surface area contributed by atoms with E-state index in [1.807, 2.05) is 0 Å². The molecule has 0 aromatic rings. The van der Waals surface area contributed by atoms with Crippen molar-refractivity contribution in [2.75, 3.05) is 0 Å². The van der Waals surface area contributed by atoms with E-state index in [-0.39, 0.29) is 128 Å². The number of rotatable bonds is 0.